The Morgan fingerprint density at radius 1 is 1.21 bits per heavy atom. The van der Waals surface area contributed by atoms with Crippen LogP contribution in [-0.4, -0.2) is 72.3 Å². The van der Waals surface area contributed by atoms with Crippen LogP contribution in [0.3, 0.4) is 0 Å². The topological polar surface area (TPSA) is 43.9 Å². The summed E-state index contributed by atoms with van der Waals surface area (Å²) in [6.07, 6.45) is 0.805. The number of hydrogen-bond donors (Lipinski definition) is 0. The zero-order valence-corrected chi connectivity index (χ0v) is 14.7. The van der Waals surface area contributed by atoms with Gasteiger partial charge in [-0.15, -0.1) is 0 Å². The van der Waals surface area contributed by atoms with Crippen molar-refractivity contribution in [3.8, 4) is 0 Å². The van der Waals surface area contributed by atoms with Gasteiger partial charge in [0, 0.05) is 44.8 Å². The Morgan fingerprint density at radius 3 is 2.62 bits per heavy atom. The molecule has 1 saturated heterocycles. The molecule has 1 fully saturated rings. The summed E-state index contributed by atoms with van der Waals surface area (Å²) in [5, 5.41) is 0. The van der Waals surface area contributed by atoms with Crippen LogP contribution in [0, 0.1) is 5.82 Å². The van der Waals surface area contributed by atoms with Crippen LogP contribution in [0.1, 0.15) is 30.6 Å². The number of carbonyl (C=O) groups excluding carboxylic acids is 2. The predicted octanol–water partition coefficient (Wildman–Crippen LogP) is 1.84. The Hall–Kier alpha value is -1.95. The van der Waals surface area contributed by atoms with Crippen LogP contribution in [0.5, 0.6) is 0 Å². The average Bonchev–Trinajstić information content (AvgIpc) is 2.78. The van der Waals surface area contributed by atoms with Gasteiger partial charge >= 0.3 is 0 Å². The van der Waals surface area contributed by atoms with Gasteiger partial charge in [-0.05, 0) is 38.5 Å². The molecular weight excluding hydrogens is 309 g/mol. The molecule has 1 aliphatic heterocycles. The van der Waals surface area contributed by atoms with E-state index in [-0.39, 0.29) is 17.9 Å². The molecule has 0 radical (unpaired) electrons. The summed E-state index contributed by atoms with van der Waals surface area (Å²) in [4.78, 5) is 30.3. The van der Waals surface area contributed by atoms with E-state index in [2.05, 4.69) is 4.90 Å². The number of carbonyl (C=O) groups is 2. The number of halogens is 1. The van der Waals surface area contributed by atoms with Crippen LogP contribution in [0.4, 0.5) is 4.39 Å². The van der Waals surface area contributed by atoms with E-state index in [4.69, 9.17) is 0 Å². The highest BCUT2D eigenvalue weighted by Crippen LogP contribution is 2.11. The van der Waals surface area contributed by atoms with Gasteiger partial charge in [-0.3, -0.25) is 14.5 Å². The molecule has 0 bridgehead atoms. The van der Waals surface area contributed by atoms with E-state index in [0.717, 1.165) is 13.0 Å². The molecule has 0 aromatic heterocycles. The highest BCUT2D eigenvalue weighted by Gasteiger charge is 2.23. The first-order valence-electron chi connectivity index (χ1n) is 8.41. The maximum atomic E-state index is 13.3. The van der Waals surface area contributed by atoms with Crippen molar-refractivity contribution in [3.63, 3.8) is 0 Å². The van der Waals surface area contributed by atoms with E-state index < -0.39 is 5.82 Å². The highest BCUT2D eigenvalue weighted by molar-refractivity contribution is 5.94. The Bertz CT molecular complexity index is 591. The summed E-state index contributed by atoms with van der Waals surface area (Å²) in [5.41, 5.74) is 0.374. The summed E-state index contributed by atoms with van der Waals surface area (Å²) in [5.74, 6) is -0.462. The minimum atomic E-state index is -0.403. The van der Waals surface area contributed by atoms with Gasteiger partial charge < -0.3 is 9.80 Å². The molecule has 132 valence electrons. The highest BCUT2D eigenvalue weighted by atomic mass is 19.1. The Labute approximate surface area is 143 Å². The zero-order chi connectivity index (χ0) is 17.7. The van der Waals surface area contributed by atoms with Gasteiger partial charge in [-0.1, -0.05) is 6.07 Å². The maximum Gasteiger partial charge on any atom is 0.254 e. The number of rotatable bonds is 4. The van der Waals surface area contributed by atoms with E-state index >= 15 is 0 Å². The van der Waals surface area contributed by atoms with Crippen molar-refractivity contribution in [2.45, 2.75) is 26.3 Å². The molecule has 0 atom stereocenters. The lowest BCUT2D eigenvalue weighted by Gasteiger charge is -2.26. The van der Waals surface area contributed by atoms with Crippen molar-refractivity contribution in [1.82, 2.24) is 14.7 Å². The van der Waals surface area contributed by atoms with E-state index in [9.17, 15) is 14.0 Å². The van der Waals surface area contributed by atoms with Gasteiger partial charge in [0.05, 0.1) is 6.54 Å². The Kier molecular flexibility index (Phi) is 6.31. The first kappa shape index (κ1) is 18.4. The Morgan fingerprint density at radius 2 is 1.96 bits per heavy atom. The molecule has 1 aromatic rings. The molecule has 2 rings (SSSR count). The normalized spacial score (nSPS) is 16.1. The second-order valence-corrected chi connectivity index (χ2v) is 6.53. The molecule has 1 aromatic carbocycles. The smallest absolute Gasteiger partial charge is 0.254 e. The maximum absolute atomic E-state index is 13.3. The van der Waals surface area contributed by atoms with Crippen molar-refractivity contribution in [1.29, 1.82) is 0 Å². The SMILES string of the molecule is CC(C)N(C)C(=O)CN1CCCN(C(=O)c2cccc(F)c2)CC1. The summed E-state index contributed by atoms with van der Waals surface area (Å²) < 4.78 is 13.3. The van der Waals surface area contributed by atoms with Gasteiger partial charge in [0.25, 0.3) is 5.91 Å². The molecule has 24 heavy (non-hydrogen) atoms. The summed E-state index contributed by atoms with van der Waals surface area (Å²) >= 11 is 0. The van der Waals surface area contributed by atoms with Crippen molar-refractivity contribution in [3.05, 3.63) is 35.6 Å². The quantitative estimate of drug-likeness (QED) is 0.843. The van der Waals surface area contributed by atoms with Gasteiger partial charge in [0.1, 0.15) is 5.82 Å². The molecule has 0 unspecified atom stereocenters. The molecule has 1 heterocycles. The standard InChI is InChI=1S/C18H26FN3O2/c1-14(2)20(3)17(23)13-21-8-5-9-22(11-10-21)18(24)15-6-4-7-16(19)12-15/h4,6-7,12,14H,5,8-11,13H2,1-3H3. The number of likely N-dealkylation sites (N-methyl/N-ethyl adjacent to an activating group) is 1. The fourth-order valence-corrected chi connectivity index (χ4v) is 2.73. The second kappa shape index (κ2) is 8.24. The van der Waals surface area contributed by atoms with Crippen LogP contribution in [0.25, 0.3) is 0 Å². The lowest BCUT2D eigenvalue weighted by atomic mass is 10.2. The third-order valence-electron chi connectivity index (χ3n) is 4.47. The van der Waals surface area contributed by atoms with Crippen LogP contribution >= 0.6 is 0 Å². The first-order chi connectivity index (χ1) is 11.4. The number of hydrogen-bond acceptors (Lipinski definition) is 3. The first-order valence-corrected chi connectivity index (χ1v) is 8.41. The molecule has 1 aliphatic rings. The minimum absolute atomic E-state index is 0.0925. The van der Waals surface area contributed by atoms with E-state index in [0.29, 0.717) is 31.7 Å². The van der Waals surface area contributed by atoms with Gasteiger partial charge in [-0.2, -0.15) is 0 Å². The van der Waals surface area contributed by atoms with E-state index in [1.807, 2.05) is 20.9 Å². The van der Waals surface area contributed by atoms with Gasteiger partial charge in [-0.25, -0.2) is 4.39 Å². The largest absolute Gasteiger partial charge is 0.342 e. The van der Waals surface area contributed by atoms with Gasteiger partial charge in [0.2, 0.25) is 5.91 Å². The molecular formula is C18H26FN3O2. The fraction of sp³-hybridized carbons (Fsp3) is 0.556. The van der Waals surface area contributed by atoms with Crippen LogP contribution < -0.4 is 0 Å². The van der Waals surface area contributed by atoms with Crippen LogP contribution in [0.2, 0.25) is 0 Å². The fourth-order valence-electron chi connectivity index (χ4n) is 2.73. The summed E-state index contributed by atoms with van der Waals surface area (Å²) in [6.45, 7) is 6.95. The molecule has 2 amide bonds. The molecule has 0 aliphatic carbocycles. The zero-order valence-electron chi connectivity index (χ0n) is 14.7. The predicted molar refractivity (Wildman–Crippen MR) is 91.3 cm³/mol. The number of nitrogens with zero attached hydrogens (tertiary/aromatic N) is 3. The number of amides is 2. The molecule has 6 heteroatoms. The average molecular weight is 335 g/mol. The molecule has 0 saturated carbocycles. The third-order valence-corrected chi connectivity index (χ3v) is 4.47. The lowest BCUT2D eigenvalue weighted by molar-refractivity contribution is -0.132. The molecule has 0 N–H and O–H groups in total. The molecule has 5 nitrogen and oxygen atoms in total. The molecule has 0 spiro atoms. The lowest BCUT2D eigenvalue weighted by Crippen LogP contribution is -2.42. The third kappa shape index (κ3) is 4.77. The summed E-state index contributed by atoms with van der Waals surface area (Å²) in [6, 6.07) is 5.96. The number of benzene rings is 1. The van der Waals surface area contributed by atoms with Crippen molar-refractivity contribution in [2.24, 2.45) is 0 Å². The van der Waals surface area contributed by atoms with Crippen LogP contribution in [-0.2, 0) is 4.79 Å². The monoisotopic (exact) mass is 335 g/mol. The van der Waals surface area contributed by atoms with Crippen molar-refractivity contribution in [2.75, 3.05) is 39.8 Å². The van der Waals surface area contributed by atoms with Gasteiger partial charge in [0.15, 0.2) is 0 Å². The second-order valence-electron chi connectivity index (χ2n) is 6.53. The Balaban J connectivity index is 1.93. The summed E-state index contributed by atoms with van der Waals surface area (Å²) in [7, 11) is 1.81. The minimum Gasteiger partial charge on any atom is -0.342 e. The van der Waals surface area contributed by atoms with Crippen LogP contribution in [0.15, 0.2) is 24.3 Å². The van der Waals surface area contributed by atoms with Crippen molar-refractivity contribution < 1.29 is 14.0 Å². The van der Waals surface area contributed by atoms with E-state index in [1.54, 1.807) is 21.9 Å². The van der Waals surface area contributed by atoms with Crippen molar-refractivity contribution >= 4 is 11.8 Å². The van der Waals surface area contributed by atoms with E-state index in [1.165, 1.54) is 12.1 Å².